The Labute approximate surface area is 121 Å². The molecule has 1 heterocycles. The molecule has 0 aliphatic heterocycles. The summed E-state index contributed by atoms with van der Waals surface area (Å²) in [5.74, 6) is 2.66. The first kappa shape index (κ1) is 14.5. The van der Waals surface area contributed by atoms with E-state index in [4.69, 9.17) is 4.43 Å². The summed E-state index contributed by atoms with van der Waals surface area (Å²) >= 11 is 0. The van der Waals surface area contributed by atoms with E-state index in [1.54, 1.807) is 6.20 Å². The zero-order chi connectivity index (χ0) is 14.8. The molecule has 106 valence electrons. The summed E-state index contributed by atoms with van der Waals surface area (Å²) in [6.45, 7) is 10.4. The van der Waals surface area contributed by atoms with E-state index in [1.165, 1.54) is 0 Å². The summed E-state index contributed by atoms with van der Waals surface area (Å²) in [6, 6.07) is 7.91. The van der Waals surface area contributed by atoms with Crippen molar-refractivity contribution < 1.29 is 4.43 Å². The van der Waals surface area contributed by atoms with Crippen LogP contribution in [0.4, 0.5) is 5.69 Å². The van der Waals surface area contributed by atoms with Gasteiger partial charge in [0.1, 0.15) is 23.1 Å². The predicted molar refractivity (Wildman–Crippen MR) is 85.5 cm³/mol. The van der Waals surface area contributed by atoms with Gasteiger partial charge in [-0.25, -0.2) is 9.98 Å². The van der Waals surface area contributed by atoms with Gasteiger partial charge in [-0.3, -0.25) is 4.57 Å². The van der Waals surface area contributed by atoms with Crippen LogP contribution in [-0.4, -0.2) is 23.7 Å². The van der Waals surface area contributed by atoms with Gasteiger partial charge in [-0.2, -0.15) is 0 Å². The van der Waals surface area contributed by atoms with Gasteiger partial charge >= 0.3 is 0 Å². The molecular weight excluding hydrogens is 266 g/mol. The number of aliphatic imine (C=N–C) groups is 1. The normalized spacial score (nSPS) is 12.6. The van der Waals surface area contributed by atoms with Gasteiger partial charge in [0.25, 0.3) is 0 Å². The monoisotopic (exact) mass is 287 g/mol. The highest BCUT2D eigenvalue weighted by atomic mass is 28.4. The molecule has 0 saturated heterocycles. The van der Waals surface area contributed by atoms with Crippen LogP contribution in [0.3, 0.4) is 0 Å². The third-order valence-corrected chi connectivity index (χ3v) is 3.57. The molecule has 4 nitrogen and oxygen atoms in total. The van der Waals surface area contributed by atoms with E-state index in [9.17, 15) is 0 Å². The molecule has 2 rings (SSSR count). The Morgan fingerprint density at radius 2 is 1.95 bits per heavy atom. The lowest BCUT2D eigenvalue weighted by atomic mass is 10.3. The van der Waals surface area contributed by atoms with Gasteiger partial charge in [0, 0.05) is 12.4 Å². The number of aromatic nitrogens is 2. The van der Waals surface area contributed by atoms with Crippen molar-refractivity contribution in [1.82, 2.24) is 9.55 Å². The summed E-state index contributed by atoms with van der Waals surface area (Å²) < 4.78 is 8.05. The van der Waals surface area contributed by atoms with E-state index in [0.29, 0.717) is 0 Å². The maximum absolute atomic E-state index is 6.09. The van der Waals surface area contributed by atoms with Gasteiger partial charge < -0.3 is 4.43 Å². The minimum atomic E-state index is -1.65. The molecule has 0 aliphatic rings. The third-order valence-electron chi connectivity index (χ3n) is 2.74. The van der Waals surface area contributed by atoms with Crippen molar-refractivity contribution in [1.29, 1.82) is 0 Å². The first-order valence-corrected chi connectivity index (χ1v) is 10.1. The second-order valence-corrected chi connectivity index (χ2v) is 10.1. The van der Waals surface area contributed by atoms with Crippen molar-refractivity contribution >= 4 is 19.8 Å². The van der Waals surface area contributed by atoms with E-state index in [-0.39, 0.29) is 0 Å². The van der Waals surface area contributed by atoms with E-state index in [0.717, 1.165) is 23.1 Å². The smallest absolute Gasteiger partial charge is 0.242 e. The van der Waals surface area contributed by atoms with Gasteiger partial charge in [-0.05, 0) is 45.6 Å². The molecule has 5 heteroatoms. The summed E-state index contributed by atoms with van der Waals surface area (Å²) in [7, 11) is -1.65. The highest BCUT2D eigenvalue weighted by molar-refractivity contribution is 6.70. The predicted octanol–water partition coefficient (Wildman–Crippen LogP) is 4.00. The number of para-hydroxylation sites is 2. The Bertz CT molecular complexity index is 626. The average molecular weight is 287 g/mol. The highest BCUT2D eigenvalue weighted by Gasteiger charge is 2.18. The second-order valence-electron chi connectivity index (χ2n) is 5.69. The van der Waals surface area contributed by atoms with Crippen LogP contribution in [0, 0.1) is 6.92 Å². The van der Waals surface area contributed by atoms with Crippen molar-refractivity contribution in [2.75, 3.05) is 0 Å². The van der Waals surface area contributed by atoms with Crippen molar-refractivity contribution in [2.45, 2.75) is 33.5 Å². The molecule has 0 saturated carbocycles. The van der Waals surface area contributed by atoms with Crippen molar-refractivity contribution in [3.63, 3.8) is 0 Å². The Balaban J connectivity index is 2.36. The Morgan fingerprint density at radius 3 is 2.55 bits per heavy atom. The molecular formula is C15H21N3OSi. The molecule has 2 aromatic rings. The van der Waals surface area contributed by atoms with E-state index < -0.39 is 8.32 Å². The van der Waals surface area contributed by atoms with Gasteiger partial charge in [0.2, 0.25) is 8.32 Å². The number of imidazole rings is 1. The molecule has 0 bridgehead atoms. The lowest BCUT2D eigenvalue weighted by Crippen LogP contribution is -2.29. The molecule has 20 heavy (non-hydrogen) atoms. The van der Waals surface area contributed by atoms with Crippen LogP contribution in [0.1, 0.15) is 12.7 Å². The van der Waals surface area contributed by atoms with Crippen molar-refractivity contribution in [3.8, 4) is 5.75 Å². The van der Waals surface area contributed by atoms with E-state index in [1.807, 2.05) is 48.9 Å². The van der Waals surface area contributed by atoms with Crippen LogP contribution in [0.5, 0.6) is 5.75 Å². The van der Waals surface area contributed by atoms with Gasteiger partial charge in [-0.15, -0.1) is 0 Å². The standard InChI is InChI=1S/C15H21N3OSi/c1-12-16-10-11-18(12)13(2)17-14-8-6-7-9-15(14)19-20(3,4)5/h6-11H,1-5H3. The first-order valence-electron chi connectivity index (χ1n) is 6.70. The topological polar surface area (TPSA) is 39.4 Å². The molecule has 1 aromatic heterocycles. The van der Waals surface area contributed by atoms with Crippen LogP contribution in [-0.2, 0) is 0 Å². The van der Waals surface area contributed by atoms with Crippen LogP contribution in [0.15, 0.2) is 41.7 Å². The zero-order valence-electron chi connectivity index (χ0n) is 12.7. The summed E-state index contributed by atoms with van der Waals surface area (Å²) in [6.07, 6.45) is 3.69. The summed E-state index contributed by atoms with van der Waals surface area (Å²) in [5.41, 5.74) is 0.862. The number of rotatable bonds is 3. The maximum atomic E-state index is 6.09. The fourth-order valence-electron chi connectivity index (χ4n) is 1.91. The molecule has 0 radical (unpaired) electrons. The third kappa shape index (κ3) is 3.57. The fourth-order valence-corrected chi connectivity index (χ4v) is 2.75. The number of hydrogen-bond acceptors (Lipinski definition) is 3. The molecule has 1 aromatic carbocycles. The van der Waals surface area contributed by atoms with Gasteiger partial charge in [0.05, 0.1) is 0 Å². The SMILES string of the molecule is CC(=Nc1ccccc1O[Si](C)(C)C)n1ccnc1C. The zero-order valence-corrected chi connectivity index (χ0v) is 13.7. The van der Waals surface area contributed by atoms with Crippen molar-refractivity contribution in [3.05, 3.63) is 42.5 Å². The average Bonchev–Trinajstić information content (AvgIpc) is 2.76. The van der Waals surface area contributed by atoms with Gasteiger partial charge in [-0.1, -0.05) is 12.1 Å². The Morgan fingerprint density at radius 1 is 1.25 bits per heavy atom. The number of benzene rings is 1. The quantitative estimate of drug-likeness (QED) is 0.486. The second kappa shape index (κ2) is 5.62. The molecule has 0 amide bonds. The minimum Gasteiger partial charge on any atom is -0.543 e. The maximum Gasteiger partial charge on any atom is 0.242 e. The highest BCUT2D eigenvalue weighted by Crippen LogP contribution is 2.29. The molecule has 0 fully saturated rings. The minimum absolute atomic E-state index is 0.851. The molecule has 0 unspecified atom stereocenters. The summed E-state index contributed by atoms with van der Waals surface area (Å²) in [5, 5.41) is 0. The Kier molecular flexibility index (Phi) is 4.08. The van der Waals surface area contributed by atoms with E-state index in [2.05, 4.69) is 29.6 Å². The fraction of sp³-hybridized carbons (Fsp3) is 0.333. The molecule has 0 aliphatic carbocycles. The van der Waals surface area contributed by atoms with Crippen LogP contribution < -0.4 is 4.43 Å². The lowest BCUT2D eigenvalue weighted by molar-refractivity contribution is 0.559. The lowest BCUT2D eigenvalue weighted by Gasteiger charge is -2.20. The number of aryl methyl sites for hydroxylation is 1. The molecule has 0 atom stereocenters. The number of hydrogen-bond donors (Lipinski definition) is 0. The van der Waals surface area contributed by atoms with Crippen LogP contribution in [0.2, 0.25) is 19.6 Å². The molecule has 0 spiro atoms. The first-order chi connectivity index (χ1) is 9.37. The molecule has 0 N–H and O–H groups in total. The summed E-state index contributed by atoms with van der Waals surface area (Å²) in [4.78, 5) is 8.90. The van der Waals surface area contributed by atoms with Gasteiger partial charge in [0.15, 0.2) is 0 Å². The van der Waals surface area contributed by atoms with Crippen LogP contribution >= 0.6 is 0 Å². The number of nitrogens with zero attached hydrogens (tertiary/aromatic N) is 3. The van der Waals surface area contributed by atoms with E-state index >= 15 is 0 Å². The van der Waals surface area contributed by atoms with Crippen LogP contribution in [0.25, 0.3) is 0 Å². The Hall–Kier alpha value is -1.88. The van der Waals surface area contributed by atoms with Crippen molar-refractivity contribution in [2.24, 2.45) is 4.99 Å². The largest absolute Gasteiger partial charge is 0.543 e.